The number of carbonyl (C=O) groups is 1. The smallest absolute Gasteiger partial charge is 0.352 e. The highest BCUT2D eigenvalue weighted by atomic mass is 19.1. The van der Waals surface area contributed by atoms with Crippen molar-refractivity contribution in [3.05, 3.63) is 76.4 Å². The molecule has 0 bridgehead atoms. The molecule has 5 heteroatoms. The van der Waals surface area contributed by atoms with Crippen LogP contribution in [0.2, 0.25) is 0 Å². The second-order valence-electron chi connectivity index (χ2n) is 8.51. The Morgan fingerprint density at radius 1 is 1.16 bits per heavy atom. The number of carboxylic acid groups (broad SMARTS) is 1. The summed E-state index contributed by atoms with van der Waals surface area (Å²) in [4.78, 5) is 18.6. The molecule has 4 aromatic rings. The van der Waals surface area contributed by atoms with Crippen molar-refractivity contribution in [3.8, 4) is 22.4 Å². The molecule has 0 saturated heterocycles. The van der Waals surface area contributed by atoms with Crippen molar-refractivity contribution in [2.75, 3.05) is 0 Å². The van der Waals surface area contributed by atoms with E-state index in [4.69, 9.17) is 0 Å². The topological polar surface area (TPSA) is 68.9 Å². The highest BCUT2D eigenvalue weighted by Gasteiger charge is 2.29. The Morgan fingerprint density at radius 2 is 1.97 bits per heavy atom. The lowest BCUT2D eigenvalue weighted by atomic mass is 9.87. The van der Waals surface area contributed by atoms with Crippen molar-refractivity contribution in [3.63, 3.8) is 0 Å². The number of aromatic amines is 2. The lowest BCUT2D eigenvalue weighted by Crippen LogP contribution is -2.02. The van der Waals surface area contributed by atoms with E-state index in [0.29, 0.717) is 22.3 Å². The Labute approximate surface area is 179 Å². The molecule has 2 aromatic heterocycles. The van der Waals surface area contributed by atoms with Crippen LogP contribution < -0.4 is 0 Å². The molecule has 0 unspecified atom stereocenters. The predicted octanol–water partition coefficient (Wildman–Crippen LogP) is 6.67. The molecular formula is C26H23FN2O2. The predicted molar refractivity (Wildman–Crippen MR) is 122 cm³/mol. The summed E-state index contributed by atoms with van der Waals surface area (Å²) in [5.41, 5.74) is 7.97. The van der Waals surface area contributed by atoms with E-state index in [1.165, 1.54) is 17.7 Å². The minimum atomic E-state index is -1.03. The second-order valence-corrected chi connectivity index (χ2v) is 8.51. The van der Waals surface area contributed by atoms with Crippen molar-refractivity contribution in [2.45, 2.75) is 33.1 Å². The quantitative estimate of drug-likeness (QED) is 0.349. The fourth-order valence-electron chi connectivity index (χ4n) is 4.83. The number of benzene rings is 2. The lowest BCUT2D eigenvalue weighted by molar-refractivity contribution is 0.0692. The van der Waals surface area contributed by atoms with Gasteiger partial charge in [0.15, 0.2) is 0 Å². The molecule has 0 radical (unpaired) electrons. The summed E-state index contributed by atoms with van der Waals surface area (Å²) in [5.74, 6) is -1.37. The molecule has 156 valence electrons. The van der Waals surface area contributed by atoms with Crippen LogP contribution in [-0.4, -0.2) is 21.0 Å². The van der Waals surface area contributed by atoms with Crippen LogP contribution in [0.3, 0.4) is 0 Å². The molecule has 4 nitrogen and oxygen atoms in total. The molecule has 0 spiro atoms. The highest BCUT2D eigenvalue weighted by Crippen LogP contribution is 2.44. The molecule has 0 atom stereocenters. The number of H-pyrrole nitrogens is 2. The molecule has 3 N–H and O–H groups in total. The van der Waals surface area contributed by atoms with Gasteiger partial charge in [0, 0.05) is 28.2 Å². The van der Waals surface area contributed by atoms with Crippen LogP contribution in [0.15, 0.2) is 42.6 Å². The van der Waals surface area contributed by atoms with Gasteiger partial charge < -0.3 is 15.1 Å². The number of nitrogens with one attached hydrogen (secondary N) is 2. The average molecular weight is 414 g/mol. The van der Waals surface area contributed by atoms with E-state index < -0.39 is 5.97 Å². The standard InChI is InChI=1S/C26H23FN2O2/c1-13(2)22-23(19-10-14(3)9-15-5-4-6-17(15)19)25(26(30)31)29-24(22)20-11-16(27)12-21-18(20)7-8-28-21/h4,6-13,28-29H,5H2,1-3H3,(H,30,31). The number of hydrogen-bond donors (Lipinski definition) is 3. The molecule has 1 aliphatic rings. The van der Waals surface area contributed by atoms with Gasteiger partial charge in [-0.3, -0.25) is 0 Å². The Hall–Kier alpha value is -3.60. The van der Waals surface area contributed by atoms with E-state index in [1.54, 1.807) is 6.20 Å². The van der Waals surface area contributed by atoms with Gasteiger partial charge in [-0.15, -0.1) is 0 Å². The number of aromatic carboxylic acids is 1. The molecule has 2 heterocycles. The second kappa shape index (κ2) is 6.98. The van der Waals surface area contributed by atoms with E-state index in [9.17, 15) is 14.3 Å². The van der Waals surface area contributed by atoms with Gasteiger partial charge in [-0.1, -0.05) is 43.7 Å². The molecule has 1 aliphatic carbocycles. The van der Waals surface area contributed by atoms with Crippen LogP contribution in [0.1, 0.15) is 52.5 Å². The van der Waals surface area contributed by atoms with Gasteiger partial charge in [0.25, 0.3) is 0 Å². The maximum atomic E-state index is 14.5. The number of aromatic nitrogens is 2. The Morgan fingerprint density at radius 3 is 2.71 bits per heavy atom. The number of allylic oxidation sites excluding steroid dienone is 1. The first kappa shape index (κ1) is 19.4. The van der Waals surface area contributed by atoms with Crippen LogP contribution in [-0.2, 0) is 6.42 Å². The van der Waals surface area contributed by atoms with E-state index in [2.05, 4.69) is 34.3 Å². The summed E-state index contributed by atoms with van der Waals surface area (Å²) < 4.78 is 14.5. The van der Waals surface area contributed by atoms with E-state index >= 15 is 0 Å². The largest absolute Gasteiger partial charge is 0.477 e. The van der Waals surface area contributed by atoms with Gasteiger partial charge in [0.05, 0.1) is 5.69 Å². The summed E-state index contributed by atoms with van der Waals surface area (Å²) in [6, 6.07) is 9.02. The number of hydrogen-bond acceptors (Lipinski definition) is 1. The van der Waals surface area contributed by atoms with Crippen LogP contribution >= 0.6 is 0 Å². The Bertz CT molecular complexity index is 1390. The van der Waals surface area contributed by atoms with Crippen LogP contribution in [0.5, 0.6) is 0 Å². The third kappa shape index (κ3) is 3.00. The molecule has 31 heavy (non-hydrogen) atoms. The minimum absolute atomic E-state index is 0.0214. The minimum Gasteiger partial charge on any atom is -0.477 e. The summed E-state index contributed by atoms with van der Waals surface area (Å²) in [5, 5.41) is 11.0. The van der Waals surface area contributed by atoms with Gasteiger partial charge >= 0.3 is 5.97 Å². The first-order valence-corrected chi connectivity index (χ1v) is 10.4. The third-order valence-corrected chi connectivity index (χ3v) is 6.03. The van der Waals surface area contributed by atoms with Crippen molar-refractivity contribution in [2.24, 2.45) is 0 Å². The fourth-order valence-corrected chi connectivity index (χ4v) is 4.83. The van der Waals surface area contributed by atoms with Gasteiger partial charge in [-0.2, -0.15) is 0 Å². The first-order chi connectivity index (χ1) is 14.8. The zero-order valence-corrected chi connectivity index (χ0v) is 17.6. The average Bonchev–Trinajstić information content (AvgIpc) is 3.43. The van der Waals surface area contributed by atoms with Gasteiger partial charge in [-0.25, -0.2) is 9.18 Å². The third-order valence-electron chi connectivity index (χ3n) is 6.03. The SMILES string of the molecule is Cc1cc2c(c(-c3c(C(=O)O)[nH]c(-c4cc(F)cc5[nH]ccc45)c3C(C)C)c1)C=CC2. The van der Waals surface area contributed by atoms with Crippen LogP contribution in [0.4, 0.5) is 4.39 Å². The number of fused-ring (bicyclic) bond motifs is 2. The van der Waals surface area contributed by atoms with E-state index in [1.807, 2.05) is 26.8 Å². The first-order valence-electron chi connectivity index (χ1n) is 10.4. The summed E-state index contributed by atoms with van der Waals surface area (Å²) in [7, 11) is 0. The molecule has 5 rings (SSSR count). The molecule has 0 aliphatic heterocycles. The van der Waals surface area contributed by atoms with Crippen molar-refractivity contribution >= 4 is 22.9 Å². The van der Waals surface area contributed by atoms with Crippen LogP contribution in [0.25, 0.3) is 39.4 Å². The zero-order chi connectivity index (χ0) is 21.9. The van der Waals surface area contributed by atoms with Gasteiger partial charge in [0.1, 0.15) is 11.5 Å². The zero-order valence-electron chi connectivity index (χ0n) is 17.6. The van der Waals surface area contributed by atoms with Gasteiger partial charge in [0.2, 0.25) is 0 Å². The van der Waals surface area contributed by atoms with E-state index in [-0.39, 0.29) is 17.4 Å². The summed E-state index contributed by atoms with van der Waals surface area (Å²) in [6.07, 6.45) is 6.78. The monoisotopic (exact) mass is 414 g/mol. The molecule has 2 aromatic carbocycles. The Balaban J connectivity index is 1.90. The Kier molecular flexibility index (Phi) is 4.36. The fraction of sp³-hybridized carbons (Fsp3) is 0.192. The van der Waals surface area contributed by atoms with Gasteiger partial charge in [-0.05, 0) is 59.7 Å². The molecule has 0 amide bonds. The normalized spacial score (nSPS) is 12.8. The molecule has 0 saturated carbocycles. The van der Waals surface area contributed by atoms with Crippen molar-refractivity contribution < 1.29 is 14.3 Å². The number of rotatable bonds is 4. The van der Waals surface area contributed by atoms with Crippen LogP contribution in [0, 0.1) is 12.7 Å². The summed E-state index contributed by atoms with van der Waals surface area (Å²) >= 11 is 0. The molecule has 0 fully saturated rings. The highest BCUT2D eigenvalue weighted by molar-refractivity contribution is 6.03. The number of carboxylic acids is 1. The molecular weight excluding hydrogens is 391 g/mol. The van der Waals surface area contributed by atoms with E-state index in [0.717, 1.165) is 34.1 Å². The van der Waals surface area contributed by atoms with Crippen molar-refractivity contribution in [1.82, 2.24) is 9.97 Å². The van der Waals surface area contributed by atoms with Crippen molar-refractivity contribution in [1.29, 1.82) is 0 Å². The summed E-state index contributed by atoms with van der Waals surface area (Å²) in [6.45, 7) is 6.11. The maximum Gasteiger partial charge on any atom is 0.352 e. The maximum absolute atomic E-state index is 14.5. The number of halogens is 1. The number of aryl methyl sites for hydroxylation is 1. The lowest BCUT2D eigenvalue weighted by Gasteiger charge is -2.16.